The monoisotopic (exact) mass is 268 g/mol. The molecule has 0 unspecified atom stereocenters. The van der Waals surface area contributed by atoms with E-state index in [9.17, 15) is 0 Å². The Labute approximate surface area is 109 Å². The van der Waals surface area contributed by atoms with Crippen LogP contribution in [0.1, 0.15) is 5.56 Å². The number of nitrogens with zero attached hydrogens (tertiary/aromatic N) is 3. The third-order valence-corrected chi connectivity index (χ3v) is 2.47. The van der Waals surface area contributed by atoms with E-state index in [4.69, 9.17) is 23.2 Å². The Morgan fingerprint density at radius 1 is 1.24 bits per heavy atom. The van der Waals surface area contributed by atoms with Gasteiger partial charge in [0.05, 0.1) is 0 Å². The molecule has 2 aromatic heterocycles. The van der Waals surface area contributed by atoms with Crippen LogP contribution in [-0.2, 0) is 6.42 Å². The first-order valence-corrected chi connectivity index (χ1v) is 5.82. The van der Waals surface area contributed by atoms with Crippen molar-refractivity contribution in [3.63, 3.8) is 0 Å². The van der Waals surface area contributed by atoms with E-state index in [0.717, 1.165) is 18.5 Å². The maximum atomic E-state index is 5.76. The lowest BCUT2D eigenvalue weighted by Gasteiger charge is -2.05. The molecule has 88 valence electrons. The van der Waals surface area contributed by atoms with Crippen molar-refractivity contribution in [2.45, 2.75) is 6.42 Å². The average molecular weight is 269 g/mol. The van der Waals surface area contributed by atoms with E-state index in [-0.39, 0.29) is 5.28 Å². The van der Waals surface area contributed by atoms with Crippen LogP contribution in [-0.4, -0.2) is 21.5 Å². The molecule has 0 saturated heterocycles. The third kappa shape index (κ3) is 3.84. The van der Waals surface area contributed by atoms with Gasteiger partial charge in [0.2, 0.25) is 5.28 Å². The van der Waals surface area contributed by atoms with E-state index in [0.29, 0.717) is 11.0 Å². The molecule has 0 bridgehead atoms. The van der Waals surface area contributed by atoms with Gasteiger partial charge >= 0.3 is 0 Å². The Hall–Kier alpha value is -1.39. The Kier molecular flexibility index (Phi) is 4.12. The van der Waals surface area contributed by atoms with Crippen LogP contribution in [0.5, 0.6) is 0 Å². The van der Waals surface area contributed by atoms with Gasteiger partial charge in [0, 0.05) is 25.0 Å². The Morgan fingerprint density at radius 3 is 2.82 bits per heavy atom. The molecule has 0 aliphatic heterocycles. The lowest BCUT2D eigenvalue weighted by atomic mass is 10.2. The predicted octanol–water partition coefficient (Wildman–Crippen LogP) is 2.83. The fourth-order valence-corrected chi connectivity index (χ4v) is 1.77. The molecule has 4 nitrogen and oxygen atoms in total. The third-order valence-electron chi connectivity index (χ3n) is 2.11. The minimum atomic E-state index is 0.140. The van der Waals surface area contributed by atoms with Gasteiger partial charge in [0.15, 0.2) is 0 Å². The fraction of sp³-hybridized carbons (Fsp3) is 0.182. The molecule has 0 amide bonds. The number of aromatic nitrogens is 3. The van der Waals surface area contributed by atoms with Crippen LogP contribution in [0, 0.1) is 0 Å². The zero-order valence-electron chi connectivity index (χ0n) is 8.90. The summed E-state index contributed by atoms with van der Waals surface area (Å²) in [5.74, 6) is 0.624. The molecule has 1 N–H and O–H groups in total. The number of hydrogen-bond donors (Lipinski definition) is 1. The predicted molar refractivity (Wildman–Crippen MR) is 68.5 cm³/mol. The van der Waals surface area contributed by atoms with Gasteiger partial charge in [0.25, 0.3) is 0 Å². The summed E-state index contributed by atoms with van der Waals surface area (Å²) >= 11 is 11.4. The lowest BCUT2D eigenvalue weighted by Crippen LogP contribution is -2.06. The van der Waals surface area contributed by atoms with E-state index < -0.39 is 0 Å². The topological polar surface area (TPSA) is 50.7 Å². The summed E-state index contributed by atoms with van der Waals surface area (Å²) in [4.78, 5) is 11.8. The second-order valence-electron chi connectivity index (χ2n) is 3.38. The van der Waals surface area contributed by atoms with Gasteiger partial charge in [0.1, 0.15) is 11.0 Å². The summed E-state index contributed by atoms with van der Waals surface area (Å²) in [5, 5.41) is 3.59. The molecule has 0 aliphatic rings. The second-order valence-corrected chi connectivity index (χ2v) is 4.11. The molecule has 0 saturated carbocycles. The number of halogens is 2. The van der Waals surface area contributed by atoms with Crippen molar-refractivity contribution in [1.82, 2.24) is 15.0 Å². The molecule has 0 spiro atoms. The zero-order valence-corrected chi connectivity index (χ0v) is 10.4. The van der Waals surface area contributed by atoms with Gasteiger partial charge < -0.3 is 5.32 Å². The number of nitrogens with one attached hydrogen (secondary N) is 1. The first-order chi connectivity index (χ1) is 8.24. The van der Waals surface area contributed by atoms with Crippen LogP contribution in [0.3, 0.4) is 0 Å². The van der Waals surface area contributed by atoms with E-state index in [1.54, 1.807) is 12.3 Å². The zero-order chi connectivity index (χ0) is 12.1. The normalized spacial score (nSPS) is 10.2. The van der Waals surface area contributed by atoms with Crippen LogP contribution in [0.4, 0.5) is 5.82 Å². The molecule has 0 atom stereocenters. The van der Waals surface area contributed by atoms with E-state index in [2.05, 4.69) is 20.3 Å². The Balaban J connectivity index is 1.90. The summed E-state index contributed by atoms with van der Waals surface area (Å²) in [5.41, 5.74) is 1.16. The molecule has 0 fully saturated rings. The van der Waals surface area contributed by atoms with Crippen LogP contribution >= 0.6 is 23.2 Å². The highest BCUT2D eigenvalue weighted by molar-refractivity contribution is 6.32. The van der Waals surface area contributed by atoms with Crippen LogP contribution in [0.25, 0.3) is 0 Å². The molecule has 2 rings (SSSR count). The summed E-state index contributed by atoms with van der Waals surface area (Å²) in [6.07, 6.45) is 4.44. The summed E-state index contributed by atoms with van der Waals surface area (Å²) < 4.78 is 0. The number of pyridine rings is 1. The molecule has 2 aromatic rings. The number of anilines is 1. The summed E-state index contributed by atoms with van der Waals surface area (Å²) in [7, 11) is 0. The van der Waals surface area contributed by atoms with Crippen molar-refractivity contribution in [2.24, 2.45) is 0 Å². The first-order valence-electron chi connectivity index (χ1n) is 5.07. The van der Waals surface area contributed by atoms with Crippen molar-refractivity contribution >= 4 is 29.0 Å². The van der Waals surface area contributed by atoms with Gasteiger partial charge in [-0.3, -0.25) is 4.98 Å². The van der Waals surface area contributed by atoms with Gasteiger partial charge in [-0.1, -0.05) is 17.7 Å². The molecule has 0 radical (unpaired) electrons. The van der Waals surface area contributed by atoms with E-state index in [1.165, 1.54) is 0 Å². The minimum absolute atomic E-state index is 0.140. The molecule has 2 heterocycles. The minimum Gasteiger partial charge on any atom is -0.370 e. The van der Waals surface area contributed by atoms with Crippen molar-refractivity contribution in [3.05, 3.63) is 46.6 Å². The van der Waals surface area contributed by atoms with Gasteiger partial charge in [-0.2, -0.15) is 0 Å². The molecule has 0 aromatic carbocycles. The smallest absolute Gasteiger partial charge is 0.225 e. The van der Waals surface area contributed by atoms with Crippen molar-refractivity contribution in [1.29, 1.82) is 0 Å². The number of hydrogen-bond acceptors (Lipinski definition) is 4. The first kappa shape index (κ1) is 12.1. The van der Waals surface area contributed by atoms with Gasteiger partial charge in [-0.25, -0.2) is 9.97 Å². The maximum Gasteiger partial charge on any atom is 0.225 e. The highest BCUT2D eigenvalue weighted by Crippen LogP contribution is 2.14. The number of rotatable bonds is 4. The molecule has 6 heteroatoms. The molecular weight excluding hydrogens is 259 g/mol. The maximum absolute atomic E-state index is 5.76. The van der Waals surface area contributed by atoms with Gasteiger partial charge in [-0.15, -0.1) is 0 Å². The van der Waals surface area contributed by atoms with Crippen molar-refractivity contribution < 1.29 is 0 Å². The average Bonchev–Trinajstić information content (AvgIpc) is 2.29. The van der Waals surface area contributed by atoms with Crippen LogP contribution in [0.15, 0.2) is 30.6 Å². The van der Waals surface area contributed by atoms with Crippen molar-refractivity contribution in [2.75, 3.05) is 11.9 Å². The largest absolute Gasteiger partial charge is 0.370 e. The fourth-order valence-electron chi connectivity index (χ4n) is 1.36. The Morgan fingerprint density at radius 2 is 2.12 bits per heavy atom. The standard InChI is InChI=1S/C11H10Cl2N4/c12-9-6-10(17-11(13)16-9)15-5-3-8-2-1-4-14-7-8/h1-2,4,6-7H,3,5H2,(H,15,16,17). The summed E-state index contributed by atoms with van der Waals surface area (Å²) in [6.45, 7) is 0.732. The quantitative estimate of drug-likeness (QED) is 0.685. The highest BCUT2D eigenvalue weighted by Gasteiger charge is 2.00. The second kappa shape index (κ2) is 5.80. The lowest BCUT2D eigenvalue weighted by molar-refractivity contribution is 0.988. The van der Waals surface area contributed by atoms with Gasteiger partial charge in [-0.05, 0) is 29.7 Å². The van der Waals surface area contributed by atoms with Crippen LogP contribution in [0.2, 0.25) is 10.4 Å². The SMILES string of the molecule is Clc1cc(NCCc2cccnc2)nc(Cl)n1. The van der Waals surface area contributed by atoms with E-state index >= 15 is 0 Å². The molecule has 0 aliphatic carbocycles. The highest BCUT2D eigenvalue weighted by atomic mass is 35.5. The molecule has 17 heavy (non-hydrogen) atoms. The van der Waals surface area contributed by atoms with Crippen molar-refractivity contribution in [3.8, 4) is 0 Å². The summed E-state index contributed by atoms with van der Waals surface area (Å²) in [6, 6.07) is 5.57. The molecular formula is C11H10Cl2N4. The Bertz CT molecular complexity index is 470. The van der Waals surface area contributed by atoms with Crippen LogP contribution < -0.4 is 5.32 Å². The van der Waals surface area contributed by atoms with E-state index in [1.807, 2.05) is 18.3 Å².